The van der Waals surface area contributed by atoms with E-state index in [0.717, 1.165) is 62.4 Å². The summed E-state index contributed by atoms with van der Waals surface area (Å²) in [6.07, 6.45) is 2.24. The fourth-order valence-corrected chi connectivity index (χ4v) is 4.99. The van der Waals surface area contributed by atoms with Gasteiger partial charge in [0.05, 0.1) is 11.5 Å². The van der Waals surface area contributed by atoms with E-state index in [4.69, 9.17) is 0 Å². The van der Waals surface area contributed by atoms with Crippen LogP contribution in [0.5, 0.6) is 0 Å². The molecule has 2 N–H and O–H groups in total. The van der Waals surface area contributed by atoms with Crippen LogP contribution in [0.25, 0.3) is 0 Å². The number of rotatable bonds is 11. The topological polar surface area (TPSA) is 64.7 Å². The summed E-state index contributed by atoms with van der Waals surface area (Å²) < 4.78 is 0. The van der Waals surface area contributed by atoms with Crippen LogP contribution in [0.4, 0.5) is 11.4 Å². The van der Waals surface area contributed by atoms with E-state index in [1.807, 2.05) is 78.9 Å². The van der Waals surface area contributed by atoms with E-state index < -0.39 is 5.92 Å². The van der Waals surface area contributed by atoms with E-state index in [1.54, 1.807) is 0 Å². The Morgan fingerprint density at radius 3 is 2.03 bits per heavy atom. The zero-order valence-corrected chi connectivity index (χ0v) is 22.0. The molecule has 6 nitrogen and oxygen atoms in total. The number of hydrogen-bond donors (Lipinski definition) is 2. The molecule has 0 aromatic heterocycles. The largest absolute Gasteiger partial charge is 0.371 e. The van der Waals surface area contributed by atoms with E-state index >= 15 is 0 Å². The Labute approximate surface area is 220 Å². The van der Waals surface area contributed by atoms with Gasteiger partial charge in [-0.05, 0) is 55.3 Å². The molecule has 3 aromatic carbocycles. The molecule has 0 saturated carbocycles. The van der Waals surface area contributed by atoms with Crippen molar-refractivity contribution >= 4 is 23.2 Å². The zero-order valence-electron chi connectivity index (χ0n) is 22.0. The number of carbonyl (C=O) groups is 2. The summed E-state index contributed by atoms with van der Waals surface area (Å²) >= 11 is 0. The van der Waals surface area contributed by atoms with Crippen molar-refractivity contribution < 1.29 is 9.59 Å². The zero-order chi connectivity index (χ0) is 26.0. The lowest BCUT2D eigenvalue weighted by Gasteiger charge is -2.23. The summed E-state index contributed by atoms with van der Waals surface area (Å²) in [5.41, 5.74) is 4.01. The first kappa shape index (κ1) is 26.4. The van der Waals surface area contributed by atoms with Gasteiger partial charge in [0.15, 0.2) is 0 Å². The molecular weight excluding hydrogens is 460 g/mol. The van der Waals surface area contributed by atoms with Gasteiger partial charge < -0.3 is 20.4 Å². The van der Waals surface area contributed by atoms with E-state index in [2.05, 4.69) is 34.3 Å². The first-order valence-electron chi connectivity index (χ1n) is 13.4. The minimum atomic E-state index is -0.452. The lowest BCUT2D eigenvalue weighted by atomic mass is 9.90. The van der Waals surface area contributed by atoms with Gasteiger partial charge in [-0.1, -0.05) is 74.5 Å². The highest BCUT2D eigenvalue weighted by molar-refractivity contribution is 6.03. The second-order valence-electron chi connectivity index (χ2n) is 9.45. The maximum absolute atomic E-state index is 13.6. The van der Waals surface area contributed by atoms with Crippen LogP contribution in [-0.4, -0.2) is 56.0 Å². The van der Waals surface area contributed by atoms with Gasteiger partial charge in [-0.15, -0.1) is 0 Å². The van der Waals surface area contributed by atoms with E-state index in [-0.39, 0.29) is 11.8 Å². The second-order valence-corrected chi connectivity index (χ2v) is 9.45. The molecule has 3 aromatic rings. The average Bonchev–Trinajstić information content (AvgIpc) is 3.47. The maximum atomic E-state index is 13.6. The molecular formula is C31H38N4O2. The summed E-state index contributed by atoms with van der Waals surface area (Å²) in [6.45, 7) is 9.44. The SMILES string of the molecule is CCN(CC)CCNC(=O)c1cc(NC(=O)C(c2ccccc2)c2ccccc2)ccc1N1CCCC1. The Hall–Kier alpha value is -3.64. The summed E-state index contributed by atoms with van der Waals surface area (Å²) in [5, 5.41) is 6.20. The number of nitrogens with zero attached hydrogens (tertiary/aromatic N) is 2. The molecule has 6 heteroatoms. The van der Waals surface area contributed by atoms with Crippen molar-refractivity contribution in [3.05, 3.63) is 95.6 Å². The smallest absolute Gasteiger partial charge is 0.253 e. The van der Waals surface area contributed by atoms with Gasteiger partial charge in [-0.25, -0.2) is 0 Å². The van der Waals surface area contributed by atoms with Crippen LogP contribution < -0.4 is 15.5 Å². The Morgan fingerprint density at radius 1 is 0.865 bits per heavy atom. The van der Waals surface area contributed by atoms with E-state index in [9.17, 15) is 9.59 Å². The Kier molecular flexibility index (Phi) is 9.33. The number of carbonyl (C=O) groups excluding carboxylic acids is 2. The first-order valence-corrected chi connectivity index (χ1v) is 13.4. The highest BCUT2D eigenvalue weighted by Gasteiger charge is 2.24. The second kappa shape index (κ2) is 13.1. The number of likely N-dealkylation sites (N-methyl/N-ethyl adjacent to an activating group) is 1. The number of nitrogens with one attached hydrogen (secondary N) is 2. The molecule has 0 aliphatic carbocycles. The number of amides is 2. The Balaban J connectivity index is 1.58. The number of benzene rings is 3. The molecule has 1 aliphatic rings. The third-order valence-corrected chi connectivity index (χ3v) is 7.09. The van der Waals surface area contributed by atoms with Gasteiger partial charge in [-0.3, -0.25) is 9.59 Å². The van der Waals surface area contributed by atoms with Crippen LogP contribution in [0.3, 0.4) is 0 Å². The molecule has 0 atom stereocenters. The van der Waals surface area contributed by atoms with Gasteiger partial charge >= 0.3 is 0 Å². The van der Waals surface area contributed by atoms with Crippen LogP contribution >= 0.6 is 0 Å². The average molecular weight is 499 g/mol. The fraction of sp³-hybridized carbons (Fsp3) is 0.355. The number of hydrogen-bond acceptors (Lipinski definition) is 4. The normalized spacial score (nSPS) is 13.2. The minimum absolute atomic E-state index is 0.104. The lowest BCUT2D eigenvalue weighted by molar-refractivity contribution is -0.116. The summed E-state index contributed by atoms with van der Waals surface area (Å²) in [7, 11) is 0. The molecule has 37 heavy (non-hydrogen) atoms. The highest BCUT2D eigenvalue weighted by atomic mass is 16.2. The third-order valence-electron chi connectivity index (χ3n) is 7.09. The summed E-state index contributed by atoms with van der Waals surface area (Å²) in [5.74, 6) is -0.681. The van der Waals surface area contributed by atoms with Gasteiger partial charge in [0, 0.05) is 37.6 Å². The molecule has 194 valence electrons. The van der Waals surface area contributed by atoms with E-state index in [1.165, 1.54) is 0 Å². The molecule has 0 bridgehead atoms. The van der Waals surface area contributed by atoms with Crippen molar-refractivity contribution in [3.8, 4) is 0 Å². The third kappa shape index (κ3) is 6.77. The van der Waals surface area contributed by atoms with Crippen molar-refractivity contribution in [2.75, 3.05) is 49.5 Å². The van der Waals surface area contributed by atoms with Crippen molar-refractivity contribution in [3.63, 3.8) is 0 Å². The van der Waals surface area contributed by atoms with Gasteiger partial charge in [0.2, 0.25) is 5.91 Å². The standard InChI is InChI=1S/C31H38N4O2/c1-3-34(4-2)22-19-32-30(36)27-23-26(17-18-28(27)35-20-11-12-21-35)33-31(37)29(24-13-7-5-8-14-24)25-15-9-6-10-16-25/h5-10,13-18,23,29H,3-4,11-12,19-22H2,1-2H3,(H,32,36)(H,33,37). The quantitative estimate of drug-likeness (QED) is 0.385. The molecule has 2 amide bonds. The van der Waals surface area contributed by atoms with Crippen molar-refractivity contribution in [2.45, 2.75) is 32.6 Å². The molecule has 1 fully saturated rings. The predicted octanol–water partition coefficient (Wildman–Crippen LogP) is 5.13. The summed E-state index contributed by atoms with van der Waals surface area (Å²) in [4.78, 5) is 31.5. The van der Waals surface area contributed by atoms with Crippen molar-refractivity contribution in [2.24, 2.45) is 0 Å². The molecule has 1 aliphatic heterocycles. The van der Waals surface area contributed by atoms with Crippen LogP contribution in [-0.2, 0) is 4.79 Å². The van der Waals surface area contributed by atoms with Crippen LogP contribution in [0.15, 0.2) is 78.9 Å². The first-order chi connectivity index (χ1) is 18.1. The maximum Gasteiger partial charge on any atom is 0.253 e. The molecule has 4 rings (SSSR count). The highest BCUT2D eigenvalue weighted by Crippen LogP contribution is 2.30. The minimum Gasteiger partial charge on any atom is -0.371 e. The molecule has 1 saturated heterocycles. The lowest BCUT2D eigenvalue weighted by Crippen LogP contribution is -2.35. The molecule has 1 heterocycles. The van der Waals surface area contributed by atoms with Crippen LogP contribution in [0.1, 0.15) is 54.1 Å². The van der Waals surface area contributed by atoms with Gasteiger partial charge in [0.25, 0.3) is 5.91 Å². The van der Waals surface area contributed by atoms with Crippen LogP contribution in [0.2, 0.25) is 0 Å². The predicted molar refractivity (Wildman–Crippen MR) is 151 cm³/mol. The molecule has 0 spiro atoms. The van der Waals surface area contributed by atoms with Gasteiger partial charge in [0.1, 0.15) is 0 Å². The monoisotopic (exact) mass is 498 g/mol. The summed E-state index contributed by atoms with van der Waals surface area (Å²) in [6, 6.07) is 25.3. The van der Waals surface area contributed by atoms with Gasteiger partial charge in [-0.2, -0.15) is 0 Å². The molecule has 0 unspecified atom stereocenters. The fourth-order valence-electron chi connectivity index (χ4n) is 4.99. The molecule has 0 radical (unpaired) electrons. The van der Waals surface area contributed by atoms with Crippen LogP contribution in [0, 0.1) is 0 Å². The number of anilines is 2. The van der Waals surface area contributed by atoms with Crippen molar-refractivity contribution in [1.82, 2.24) is 10.2 Å². The van der Waals surface area contributed by atoms with Crippen molar-refractivity contribution in [1.29, 1.82) is 0 Å². The Bertz CT molecular complexity index is 1120. The Morgan fingerprint density at radius 2 is 1.46 bits per heavy atom. The van der Waals surface area contributed by atoms with E-state index in [0.29, 0.717) is 17.8 Å².